The lowest BCUT2D eigenvalue weighted by molar-refractivity contribution is 0.153. The highest BCUT2D eigenvalue weighted by Crippen LogP contribution is 2.55. The van der Waals surface area contributed by atoms with Crippen LogP contribution in [0.15, 0.2) is 41.3 Å². The van der Waals surface area contributed by atoms with Crippen LogP contribution in [0.2, 0.25) is 5.02 Å². The fraction of sp³-hybridized carbons (Fsp3) is 0.400. The van der Waals surface area contributed by atoms with Gasteiger partial charge in [-0.1, -0.05) is 11.6 Å². The first-order chi connectivity index (χ1) is 13.3. The lowest BCUT2D eigenvalue weighted by atomic mass is 9.79. The highest BCUT2D eigenvalue weighted by molar-refractivity contribution is 7.92. The zero-order valence-electron chi connectivity index (χ0n) is 15.0. The molecule has 3 atom stereocenters. The summed E-state index contributed by atoms with van der Waals surface area (Å²) in [6.07, 6.45) is 1.53. The number of benzene rings is 2. The Balaban J connectivity index is 2.03. The molecule has 0 saturated heterocycles. The number of hydrogen-bond acceptors (Lipinski definition) is 4. The summed E-state index contributed by atoms with van der Waals surface area (Å²) in [5.41, 5.74) is 5.90. The van der Waals surface area contributed by atoms with E-state index in [9.17, 15) is 12.8 Å². The van der Waals surface area contributed by atoms with Crippen LogP contribution < -0.4 is 10.5 Å². The van der Waals surface area contributed by atoms with Gasteiger partial charge in [-0.3, -0.25) is 0 Å². The second-order valence-electron chi connectivity index (χ2n) is 7.46. The Kier molecular flexibility index (Phi) is 4.88. The van der Waals surface area contributed by atoms with Crippen molar-refractivity contribution < 1.29 is 21.9 Å². The summed E-state index contributed by atoms with van der Waals surface area (Å²) in [7, 11) is -4.10. The summed E-state index contributed by atoms with van der Waals surface area (Å²) < 4.78 is 61.2. The van der Waals surface area contributed by atoms with Gasteiger partial charge in [-0.25, -0.2) is 17.2 Å². The Morgan fingerprint density at radius 3 is 2.43 bits per heavy atom. The molecule has 4 nitrogen and oxygen atoms in total. The number of hydrogen-bond donors (Lipinski definition) is 1. The van der Waals surface area contributed by atoms with Crippen molar-refractivity contribution in [3.05, 3.63) is 58.6 Å². The predicted octanol–water partition coefficient (Wildman–Crippen LogP) is 4.20. The van der Waals surface area contributed by atoms with Gasteiger partial charge in [0.25, 0.3) is 0 Å². The number of rotatable bonds is 2. The third-order valence-corrected chi connectivity index (χ3v) is 8.79. The van der Waals surface area contributed by atoms with Crippen molar-refractivity contribution in [3.63, 3.8) is 0 Å². The maximum Gasteiger partial charge on any atom is 0.188 e. The highest BCUT2D eigenvalue weighted by atomic mass is 35.5. The molecule has 8 heteroatoms. The smallest absolute Gasteiger partial charge is 0.188 e. The Bertz CT molecular complexity index is 1010. The van der Waals surface area contributed by atoms with Crippen LogP contribution in [0.4, 0.5) is 8.78 Å². The summed E-state index contributed by atoms with van der Waals surface area (Å²) in [5.74, 6) is -2.40. The molecule has 1 saturated carbocycles. The Labute approximate surface area is 167 Å². The molecule has 0 aromatic heterocycles. The molecular formula is C20H20ClF2NO3S. The van der Waals surface area contributed by atoms with E-state index in [1.165, 1.54) is 24.3 Å². The minimum atomic E-state index is -4.10. The minimum absolute atomic E-state index is 0.00703. The van der Waals surface area contributed by atoms with E-state index < -0.39 is 32.1 Å². The van der Waals surface area contributed by atoms with Crippen molar-refractivity contribution in [2.24, 2.45) is 11.7 Å². The van der Waals surface area contributed by atoms with Crippen LogP contribution >= 0.6 is 11.6 Å². The van der Waals surface area contributed by atoms with Crippen LogP contribution in [0.5, 0.6) is 5.75 Å². The molecule has 0 bridgehead atoms. The minimum Gasteiger partial charge on any atom is -0.490 e. The van der Waals surface area contributed by atoms with Gasteiger partial charge in [0, 0.05) is 17.0 Å². The average Bonchev–Trinajstić information content (AvgIpc) is 2.85. The number of fused-ring (bicyclic) bond motifs is 3. The van der Waals surface area contributed by atoms with Crippen LogP contribution in [0.1, 0.15) is 31.2 Å². The molecule has 2 aliphatic rings. The zero-order valence-corrected chi connectivity index (χ0v) is 16.6. The van der Waals surface area contributed by atoms with E-state index in [0.29, 0.717) is 24.3 Å². The van der Waals surface area contributed by atoms with E-state index in [1.807, 2.05) is 0 Å². The molecule has 150 valence electrons. The maximum atomic E-state index is 15.0. The number of ether oxygens (including phenoxy) is 1. The van der Waals surface area contributed by atoms with E-state index >= 15 is 4.39 Å². The Morgan fingerprint density at radius 2 is 1.71 bits per heavy atom. The van der Waals surface area contributed by atoms with Gasteiger partial charge in [-0.05, 0) is 62.1 Å². The molecule has 0 radical (unpaired) electrons. The molecule has 1 unspecified atom stereocenters. The van der Waals surface area contributed by atoms with Crippen molar-refractivity contribution in [2.45, 2.75) is 41.4 Å². The van der Waals surface area contributed by atoms with Crippen LogP contribution in [0.25, 0.3) is 0 Å². The molecule has 4 rings (SSSR count). The maximum absolute atomic E-state index is 15.0. The third-order valence-electron chi connectivity index (χ3n) is 5.95. The number of sulfone groups is 1. The van der Waals surface area contributed by atoms with E-state index in [4.69, 9.17) is 22.1 Å². The second-order valence-corrected chi connectivity index (χ2v) is 10.1. The zero-order chi connectivity index (χ0) is 20.1. The summed E-state index contributed by atoms with van der Waals surface area (Å²) in [5, 5.41) is 0.389. The summed E-state index contributed by atoms with van der Waals surface area (Å²) >= 11 is 5.91. The topological polar surface area (TPSA) is 69.4 Å². The van der Waals surface area contributed by atoms with Crippen LogP contribution in [0.3, 0.4) is 0 Å². The van der Waals surface area contributed by atoms with E-state index in [-0.39, 0.29) is 35.3 Å². The van der Waals surface area contributed by atoms with Gasteiger partial charge in [0.2, 0.25) is 0 Å². The summed E-state index contributed by atoms with van der Waals surface area (Å²) in [4.78, 5) is 0.0221. The van der Waals surface area contributed by atoms with Crippen LogP contribution in [-0.4, -0.2) is 21.1 Å². The molecule has 1 fully saturated rings. The SMILES string of the molecule is N[C@@H]1CCC2COc3c(F)ccc(F)c3[C@@]2(S(=O)(=O)c2ccc(Cl)cc2)CC1. The van der Waals surface area contributed by atoms with Crippen molar-refractivity contribution in [1.82, 2.24) is 0 Å². The highest BCUT2D eigenvalue weighted by Gasteiger charge is 2.58. The Morgan fingerprint density at radius 1 is 1.04 bits per heavy atom. The first-order valence-electron chi connectivity index (χ1n) is 9.14. The van der Waals surface area contributed by atoms with Gasteiger partial charge in [0.05, 0.1) is 17.1 Å². The van der Waals surface area contributed by atoms with Gasteiger partial charge in [-0.2, -0.15) is 0 Å². The largest absolute Gasteiger partial charge is 0.490 e. The molecule has 1 aliphatic heterocycles. The van der Waals surface area contributed by atoms with Crippen molar-refractivity contribution in [3.8, 4) is 5.75 Å². The van der Waals surface area contributed by atoms with Crippen molar-refractivity contribution in [1.29, 1.82) is 0 Å². The lowest BCUT2D eigenvalue weighted by Gasteiger charge is -2.43. The van der Waals surface area contributed by atoms with Gasteiger partial charge in [0.1, 0.15) is 10.6 Å². The predicted molar refractivity (Wildman–Crippen MR) is 102 cm³/mol. The molecule has 2 N–H and O–H groups in total. The summed E-state index contributed by atoms with van der Waals surface area (Å²) in [6.45, 7) is -0.00703. The van der Waals surface area contributed by atoms with E-state index in [1.54, 1.807) is 0 Å². The molecule has 28 heavy (non-hydrogen) atoms. The standard InChI is InChI=1S/C20H20ClF2NO3S/c21-13-2-5-15(6-3-13)28(25,26)20-10-9-14(24)4-1-12(20)11-27-19-17(23)8-7-16(22)18(19)20/h2-3,5-8,12,14H,1,4,9-11,24H2/t12?,14-,20-/m1/s1. The molecule has 2 aromatic carbocycles. The van der Waals surface area contributed by atoms with Gasteiger partial charge >= 0.3 is 0 Å². The van der Waals surface area contributed by atoms with Gasteiger partial charge in [-0.15, -0.1) is 0 Å². The van der Waals surface area contributed by atoms with Crippen molar-refractivity contribution in [2.75, 3.05) is 6.61 Å². The molecule has 2 aromatic rings. The van der Waals surface area contributed by atoms with E-state index in [2.05, 4.69) is 0 Å². The first kappa shape index (κ1) is 19.6. The van der Waals surface area contributed by atoms with Crippen LogP contribution in [-0.2, 0) is 14.6 Å². The monoisotopic (exact) mass is 427 g/mol. The molecular weight excluding hydrogens is 408 g/mol. The Hall–Kier alpha value is -1.70. The molecule has 0 amide bonds. The fourth-order valence-electron chi connectivity index (χ4n) is 4.51. The van der Waals surface area contributed by atoms with Gasteiger partial charge in [0.15, 0.2) is 21.4 Å². The fourth-order valence-corrected chi connectivity index (χ4v) is 7.02. The molecule has 1 heterocycles. The lowest BCUT2D eigenvalue weighted by Crippen LogP contribution is -2.48. The number of nitrogens with two attached hydrogens (primary N) is 1. The average molecular weight is 428 g/mol. The first-order valence-corrected chi connectivity index (χ1v) is 11.0. The van der Waals surface area contributed by atoms with Gasteiger partial charge < -0.3 is 10.5 Å². The quantitative estimate of drug-likeness (QED) is 0.779. The molecule has 0 spiro atoms. The third kappa shape index (κ3) is 2.83. The van der Waals surface area contributed by atoms with E-state index in [0.717, 1.165) is 12.1 Å². The van der Waals surface area contributed by atoms with Crippen molar-refractivity contribution >= 4 is 21.4 Å². The molecule has 1 aliphatic carbocycles. The summed E-state index contributed by atoms with van der Waals surface area (Å²) in [6, 6.07) is 7.48. The van der Waals surface area contributed by atoms with Crippen LogP contribution in [0, 0.1) is 17.6 Å². The normalized spacial score (nSPS) is 27.3. The second kappa shape index (κ2) is 6.97. The number of halogens is 3.